The van der Waals surface area contributed by atoms with Crippen LogP contribution >= 0.6 is 11.8 Å². The van der Waals surface area contributed by atoms with Crippen molar-refractivity contribution in [3.05, 3.63) is 52.8 Å². The van der Waals surface area contributed by atoms with Gasteiger partial charge in [0, 0.05) is 12.3 Å². The smallest absolute Gasteiger partial charge is 0.306 e. The molecule has 0 aliphatic heterocycles. The number of nitrogen functional groups attached to an aromatic ring is 1. The number of carbonyl (C=O) groups excluding carboxylic acids is 1. The summed E-state index contributed by atoms with van der Waals surface area (Å²) in [5.74, 6) is 0.649. The topological polar surface area (TPSA) is 70.0 Å². The molecule has 0 saturated carbocycles. The second-order valence-corrected chi connectivity index (χ2v) is 5.74. The van der Waals surface area contributed by atoms with Crippen LogP contribution in [0.1, 0.15) is 12.5 Å². The maximum atomic E-state index is 12.7. The molecule has 0 unspecified atom stereocenters. The lowest BCUT2D eigenvalue weighted by molar-refractivity contribution is 0.256. The van der Waals surface area contributed by atoms with Gasteiger partial charge in [0.25, 0.3) is 5.56 Å². The summed E-state index contributed by atoms with van der Waals surface area (Å²) in [6.07, 6.45) is 1.64. The van der Waals surface area contributed by atoms with Crippen molar-refractivity contribution >= 4 is 22.8 Å². The highest BCUT2D eigenvalue weighted by molar-refractivity contribution is 8.13. The minimum atomic E-state index is -0.281. The fourth-order valence-electron chi connectivity index (χ4n) is 2.35. The molecule has 1 aromatic carbocycles. The van der Waals surface area contributed by atoms with Gasteiger partial charge in [-0.15, -0.1) is 6.58 Å². The third kappa shape index (κ3) is 2.74. The van der Waals surface area contributed by atoms with Gasteiger partial charge in [0.2, 0.25) is 0 Å². The maximum Gasteiger partial charge on any atom is 0.306 e. The molecule has 0 atom stereocenters. The predicted molar refractivity (Wildman–Crippen MR) is 92.4 cm³/mol. The second kappa shape index (κ2) is 6.70. The first-order valence-corrected chi connectivity index (χ1v) is 7.96. The van der Waals surface area contributed by atoms with E-state index >= 15 is 0 Å². The molecule has 0 aliphatic carbocycles. The SMILES string of the molecule is C=CCSC(=O)n1c(N)c(-c2ccccc2C)c(=O)n1CC. The summed E-state index contributed by atoms with van der Waals surface area (Å²) in [6.45, 7) is 7.68. The molecule has 2 rings (SSSR count). The second-order valence-electron chi connectivity index (χ2n) is 4.77. The Morgan fingerprint density at radius 3 is 2.68 bits per heavy atom. The van der Waals surface area contributed by atoms with E-state index in [4.69, 9.17) is 5.73 Å². The normalized spacial score (nSPS) is 10.6. The molecule has 5 nitrogen and oxygen atoms in total. The molecule has 0 aliphatic rings. The number of hydrogen-bond acceptors (Lipinski definition) is 4. The Morgan fingerprint density at radius 1 is 1.41 bits per heavy atom. The van der Waals surface area contributed by atoms with E-state index in [0.29, 0.717) is 17.9 Å². The van der Waals surface area contributed by atoms with Crippen molar-refractivity contribution in [2.24, 2.45) is 0 Å². The zero-order valence-corrected chi connectivity index (χ0v) is 13.5. The average Bonchev–Trinajstić information content (AvgIpc) is 2.76. The van der Waals surface area contributed by atoms with Crippen LogP contribution in [0.5, 0.6) is 0 Å². The molecule has 1 aromatic heterocycles. The van der Waals surface area contributed by atoms with Crippen molar-refractivity contribution in [1.82, 2.24) is 9.36 Å². The number of rotatable bonds is 4. The third-order valence-corrected chi connectivity index (χ3v) is 4.21. The summed E-state index contributed by atoms with van der Waals surface area (Å²) < 4.78 is 2.63. The van der Waals surface area contributed by atoms with Crippen molar-refractivity contribution in [2.45, 2.75) is 20.4 Å². The van der Waals surface area contributed by atoms with E-state index in [2.05, 4.69) is 6.58 Å². The van der Waals surface area contributed by atoms with Crippen LogP contribution in [0, 0.1) is 6.92 Å². The minimum Gasteiger partial charge on any atom is -0.383 e. The predicted octanol–water partition coefficient (Wildman–Crippen LogP) is 3.11. The molecule has 0 amide bonds. The van der Waals surface area contributed by atoms with Gasteiger partial charge >= 0.3 is 5.24 Å². The lowest BCUT2D eigenvalue weighted by Crippen LogP contribution is -2.26. The Kier molecular flexibility index (Phi) is 4.92. The molecule has 2 aromatic rings. The van der Waals surface area contributed by atoms with Crippen LogP contribution in [0.2, 0.25) is 0 Å². The quantitative estimate of drug-likeness (QED) is 0.880. The van der Waals surface area contributed by atoms with E-state index in [1.807, 2.05) is 38.1 Å². The van der Waals surface area contributed by atoms with Crippen LogP contribution in [0.25, 0.3) is 11.1 Å². The molecule has 0 radical (unpaired) electrons. The van der Waals surface area contributed by atoms with E-state index in [1.54, 1.807) is 6.08 Å². The van der Waals surface area contributed by atoms with Gasteiger partial charge in [0.05, 0.1) is 5.56 Å². The van der Waals surface area contributed by atoms with E-state index < -0.39 is 0 Å². The molecule has 1 heterocycles. The van der Waals surface area contributed by atoms with Crippen molar-refractivity contribution in [2.75, 3.05) is 11.5 Å². The van der Waals surface area contributed by atoms with Gasteiger partial charge in [-0.1, -0.05) is 42.1 Å². The molecule has 6 heteroatoms. The Morgan fingerprint density at radius 2 is 2.09 bits per heavy atom. The van der Waals surface area contributed by atoms with Crippen LogP contribution in [-0.2, 0) is 6.54 Å². The first-order chi connectivity index (χ1) is 10.5. The summed E-state index contributed by atoms with van der Waals surface area (Å²) in [5.41, 5.74) is 7.97. The number of benzene rings is 1. The van der Waals surface area contributed by atoms with Gasteiger partial charge in [-0.2, -0.15) is 4.68 Å². The zero-order valence-electron chi connectivity index (χ0n) is 12.7. The van der Waals surface area contributed by atoms with Crippen LogP contribution < -0.4 is 11.3 Å². The highest BCUT2D eigenvalue weighted by Crippen LogP contribution is 2.27. The van der Waals surface area contributed by atoms with Gasteiger partial charge in [-0.05, 0) is 25.0 Å². The van der Waals surface area contributed by atoms with Crippen molar-refractivity contribution in [1.29, 1.82) is 0 Å². The van der Waals surface area contributed by atoms with E-state index in [9.17, 15) is 9.59 Å². The fourth-order valence-corrected chi connectivity index (χ4v) is 2.92. The molecular formula is C16H19N3O2S. The van der Waals surface area contributed by atoms with Gasteiger partial charge in [0.1, 0.15) is 5.82 Å². The number of aryl methyl sites for hydroxylation is 1. The van der Waals surface area contributed by atoms with Crippen LogP contribution in [0.15, 0.2) is 41.7 Å². The largest absolute Gasteiger partial charge is 0.383 e. The minimum absolute atomic E-state index is 0.183. The van der Waals surface area contributed by atoms with E-state index in [1.165, 1.54) is 9.36 Å². The molecular weight excluding hydrogens is 298 g/mol. The molecule has 22 heavy (non-hydrogen) atoms. The zero-order chi connectivity index (χ0) is 16.3. The summed E-state index contributed by atoms with van der Waals surface area (Å²) in [5, 5.41) is -0.281. The molecule has 0 spiro atoms. The Labute approximate surface area is 133 Å². The van der Waals surface area contributed by atoms with E-state index in [0.717, 1.165) is 22.9 Å². The number of nitrogens with zero attached hydrogens (tertiary/aromatic N) is 2. The number of nitrogens with two attached hydrogens (primary N) is 1. The van der Waals surface area contributed by atoms with Gasteiger partial charge in [-0.3, -0.25) is 9.59 Å². The van der Waals surface area contributed by atoms with Gasteiger partial charge < -0.3 is 5.73 Å². The monoisotopic (exact) mass is 317 g/mol. The van der Waals surface area contributed by atoms with Crippen molar-refractivity contribution in [3.63, 3.8) is 0 Å². The van der Waals surface area contributed by atoms with Crippen LogP contribution in [-0.4, -0.2) is 20.4 Å². The van der Waals surface area contributed by atoms with Gasteiger partial charge in [-0.25, -0.2) is 4.68 Å². The summed E-state index contributed by atoms with van der Waals surface area (Å²) in [7, 11) is 0. The summed E-state index contributed by atoms with van der Waals surface area (Å²) in [6, 6.07) is 7.50. The first-order valence-electron chi connectivity index (χ1n) is 6.98. The Hall–Kier alpha value is -2.21. The number of carbonyl (C=O) groups is 1. The first kappa shape index (κ1) is 16.2. The van der Waals surface area contributed by atoms with Crippen molar-refractivity contribution < 1.29 is 4.79 Å². The Balaban J connectivity index is 2.66. The maximum absolute atomic E-state index is 12.7. The number of aromatic nitrogens is 2. The van der Waals surface area contributed by atoms with E-state index in [-0.39, 0.29) is 16.6 Å². The molecule has 0 fully saturated rings. The lowest BCUT2D eigenvalue weighted by Gasteiger charge is -2.08. The third-order valence-electron chi connectivity index (χ3n) is 3.39. The molecule has 116 valence electrons. The number of anilines is 1. The lowest BCUT2D eigenvalue weighted by atomic mass is 10.0. The molecule has 2 N–H and O–H groups in total. The summed E-state index contributed by atoms with van der Waals surface area (Å²) >= 11 is 1.06. The summed E-state index contributed by atoms with van der Waals surface area (Å²) in [4.78, 5) is 25.0. The van der Waals surface area contributed by atoms with Crippen LogP contribution in [0.4, 0.5) is 10.6 Å². The van der Waals surface area contributed by atoms with Gasteiger partial charge in [0.15, 0.2) is 0 Å². The highest BCUT2D eigenvalue weighted by Gasteiger charge is 2.23. The number of thioether (sulfide) groups is 1. The van der Waals surface area contributed by atoms with Crippen LogP contribution in [0.3, 0.4) is 0 Å². The number of hydrogen-bond donors (Lipinski definition) is 1. The highest BCUT2D eigenvalue weighted by atomic mass is 32.2. The Bertz CT molecular complexity index is 774. The molecule has 0 bridgehead atoms. The standard InChI is InChI=1S/C16H19N3O2S/c1-4-10-22-16(21)19-14(17)13(15(20)18(19)5-2)12-9-7-6-8-11(12)3/h4,6-9H,1,5,10,17H2,2-3H3. The van der Waals surface area contributed by atoms with Crippen molar-refractivity contribution in [3.8, 4) is 11.1 Å². The fraction of sp³-hybridized carbons (Fsp3) is 0.250. The molecule has 0 saturated heterocycles. The average molecular weight is 317 g/mol.